The molecular formula is C12H18O3. The SMILES string of the molecule is CC=CC=CC=O.CCC(=O)CC(C)=O. The number of allylic oxidation sites excluding steroid dienone is 4. The van der Waals surface area contributed by atoms with Crippen LogP contribution in [0.15, 0.2) is 24.3 Å². The van der Waals surface area contributed by atoms with Crippen LogP contribution in [-0.2, 0) is 14.4 Å². The zero-order valence-electron chi connectivity index (χ0n) is 9.53. The molecule has 0 fully saturated rings. The third kappa shape index (κ3) is 19.1. The highest BCUT2D eigenvalue weighted by atomic mass is 16.1. The number of Topliss-reactive ketones (excluding diaryl/α,β-unsaturated/α-hetero) is 2. The van der Waals surface area contributed by atoms with Crippen molar-refractivity contribution in [1.29, 1.82) is 0 Å². The van der Waals surface area contributed by atoms with E-state index in [4.69, 9.17) is 0 Å². The minimum absolute atomic E-state index is 0.0255. The van der Waals surface area contributed by atoms with E-state index in [0.717, 1.165) is 6.29 Å². The number of carbonyl (C=O) groups excluding carboxylic acids is 3. The maximum absolute atomic E-state index is 10.4. The lowest BCUT2D eigenvalue weighted by atomic mass is 10.2. The van der Waals surface area contributed by atoms with Gasteiger partial charge in [0, 0.05) is 6.42 Å². The Morgan fingerprint density at radius 1 is 1.13 bits per heavy atom. The summed E-state index contributed by atoms with van der Waals surface area (Å²) in [5, 5.41) is 0. The molecule has 0 aromatic heterocycles. The maximum atomic E-state index is 10.4. The lowest BCUT2D eigenvalue weighted by molar-refractivity contribution is -0.125. The number of carbonyl (C=O) groups is 3. The average Bonchev–Trinajstić information content (AvgIpc) is 2.18. The fraction of sp³-hybridized carbons (Fsp3) is 0.417. The van der Waals surface area contributed by atoms with Crippen molar-refractivity contribution in [2.24, 2.45) is 0 Å². The van der Waals surface area contributed by atoms with Gasteiger partial charge in [-0.2, -0.15) is 0 Å². The van der Waals surface area contributed by atoms with Crippen molar-refractivity contribution in [3.05, 3.63) is 24.3 Å². The second-order valence-electron chi connectivity index (χ2n) is 2.82. The number of ketones is 2. The van der Waals surface area contributed by atoms with Crippen LogP contribution in [-0.4, -0.2) is 17.9 Å². The van der Waals surface area contributed by atoms with Crippen LogP contribution in [0.3, 0.4) is 0 Å². The zero-order valence-corrected chi connectivity index (χ0v) is 9.53. The van der Waals surface area contributed by atoms with Crippen molar-refractivity contribution in [1.82, 2.24) is 0 Å². The molecule has 0 aromatic rings. The minimum Gasteiger partial charge on any atom is -0.300 e. The van der Waals surface area contributed by atoms with Gasteiger partial charge in [0.05, 0.1) is 6.42 Å². The number of aldehydes is 1. The van der Waals surface area contributed by atoms with Crippen LogP contribution in [0, 0.1) is 0 Å². The highest BCUT2D eigenvalue weighted by Crippen LogP contribution is 1.87. The van der Waals surface area contributed by atoms with Crippen LogP contribution < -0.4 is 0 Å². The Morgan fingerprint density at radius 3 is 2.00 bits per heavy atom. The molecule has 15 heavy (non-hydrogen) atoms. The van der Waals surface area contributed by atoms with Gasteiger partial charge < -0.3 is 0 Å². The summed E-state index contributed by atoms with van der Waals surface area (Å²) in [6, 6.07) is 0. The highest BCUT2D eigenvalue weighted by Gasteiger charge is 1.99. The smallest absolute Gasteiger partial charge is 0.142 e. The molecule has 0 aromatic carbocycles. The second kappa shape index (κ2) is 12.5. The summed E-state index contributed by atoms with van der Waals surface area (Å²) < 4.78 is 0. The standard InChI is InChI=1S/C6H10O2.C6H8O/c1-3-6(8)4-5(2)7;1-2-3-4-5-6-7/h3-4H2,1-2H3;2-6H,1H3. The second-order valence-corrected chi connectivity index (χ2v) is 2.82. The fourth-order valence-electron chi connectivity index (χ4n) is 0.623. The largest absolute Gasteiger partial charge is 0.300 e. The lowest BCUT2D eigenvalue weighted by Crippen LogP contribution is -2.01. The van der Waals surface area contributed by atoms with Crippen LogP contribution in [0.5, 0.6) is 0 Å². The first-order chi connectivity index (χ1) is 7.08. The van der Waals surface area contributed by atoms with E-state index in [1.165, 1.54) is 13.0 Å². The summed E-state index contributed by atoms with van der Waals surface area (Å²) in [6.45, 7) is 5.08. The van der Waals surface area contributed by atoms with Crippen molar-refractivity contribution < 1.29 is 14.4 Å². The molecule has 0 N–H and O–H groups in total. The van der Waals surface area contributed by atoms with E-state index in [1.54, 1.807) is 19.1 Å². The van der Waals surface area contributed by atoms with Gasteiger partial charge in [-0.1, -0.05) is 25.2 Å². The van der Waals surface area contributed by atoms with Gasteiger partial charge in [0.15, 0.2) is 0 Å². The quantitative estimate of drug-likeness (QED) is 0.303. The molecule has 0 spiro atoms. The predicted molar refractivity (Wildman–Crippen MR) is 60.6 cm³/mol. The molecule has 0 aliphatic rings. The molecule has 0 amide bonds. The minimum atomic E-state index is -0.0446. The molecule has 0 aliphatic heterocycles. The van der Waals surface area contributed by atoms with Crippen LogP contribution in [0.1, 0.15) is 33.6 Å². The van der Waals surface area contributed by atoms with Crippen LogP contribution in [0.25, 0.3) is 0 Å². The number of hydrogen-bond acceptors (Lipinski definition) is 3. The number of rotatable bonds is 5. The normalized spacial score (nSPS) is 9.80. The predicted octanol–water partition coefficient (Wildman–Crippen LogP) is 2.26. The summed E-state index contributed by atoms with van der Waals surface area (Å²) in [5.74, 6) is -0.0191. The summed E-state index contributed by atoms with van der Waals surface area (Å²) in [7, 11) is 0. The first-order valence-electron chi connectivity index (χ1n) is 4.82. The molecule has 0 unspecified atom stereocenters. The van der Waals surface area contributed by atoms with E-state index in [2.05, 4.69) is 0 Å². The summed E-state index contributed by atoms with van der Waals surface area (Å²) in [4.78, 5) is 30.2. The molecule has 0 saturated carbocycles. The van der Waals surface area contributed by atoms with E-state index in [-0.39, 0.29) is 18.0 Å². The Balaban J connectivity index is 0. The lowest BCUT2D eigenvalue weighted by Gasteiger charge is -1.87. The van der Waals surface area contributed by atoms with Crippen molar-refractivity contribution >= 4 is 17.9 Å². The van der Waals surface area contributed by atoms with Gasteiger partial charge in [-0.05, 0) is 19.9 Å². The van der Waals surface area contributed by atoms with E-state index in [0.29, 0.717) is 6.42 Å². The van der Waals surface area contributed by atoms with Gasteiger partial charge >= 0.3 is 0 Å². The van der Waals surface area contributed by atoms with Gasteiger partial charge in [-0.15, -0.1) is 0 Å². The van der Waals surface area contributed by atoms with Gasteiger partial charge in [-0.3, -0.25) is 14.4 Å². The van der Waals surface area contributed by atoms with Gasteiger partial charge in [-0.25, -0.2) is 0 Å². The van der Waals surface area contributed by atoms with Crippen molar-refractivity contribution in [3.8, 4) is 0 Å². The topological polar surface area (TPSA) is 51.2 Å². The molecule has 3 heteroatoms. The molecular weight excluding hydrogens is 192 g/mol. The Kier molecular flexibility index (Phi) is 13.3. The Bertz CT molecular complexity index is 250. The Hall–Kier alpha value is -1.51. The Morgan fingerprint density at radius 2 is 1.73 bits per heavy atom. The molecule has 0 atom stereocenters. The fourth-order valence-corrected chi connectivity index (χ4v) is 0.623. The first-order valence-corrected chi connectivity index (χ1v) is 4.82. The first kappa shape index (κ1) is 15.9. The third-order valence-electron chi connectivity index (χ3n) is 1.33. The Labute approximate surface area is 90.9 Å². The molecule has 84 valence electrons. The van der Waals surface area contributed by atoms with Crippen molar-refractivity contribution in [2.75, 3.05) is 0 Å². The zero-order chi connectivity index (χ0) is 12.1. The van der Waals surface area contributed by atoms with E-state index in [9.17, 15) is 14.4 Å². The van der Waals surface area contributed by atoms with Crippen molar-refractivity contribution in [2.45, 2.75) is 33.6 Å². The van der Waals surface area contributed by atoms with Gasteiger partial charge in [0.1, 0.15) is 17.9 Å². The van der Waals surface area contributed by atoms with Gasteiger partial charge in [0.2, 0.25) is 0 Å². The molecule has 0 rings (SSSR count). The molecule has 0 heterocycles. The molecule has 0 saturated heterocycles. The number of hydrogen-bond donors (Lipinski definition) is 0. The molecule has 0 aliphatic carbocycles. The summed E-state index contributed by atoms with van der Waals surface area (Å²) >= 11 is 0. The van der Waals surface area contributed by atoms with E-state index >= 15 is 0 Å². The van der Waals surface area contributed by atoms with E-state index in [1.807, 2.05) is 13.0 Å². The van der Waals surface area contributed by atoms with Crippen LogP contribution in [0.4, 0.5) is 0 Å². The molecule has 0 radical (unpaired) electrons. The van der Waals surface area contributed by atoms with E-state index < -0.39 is 0 Å². The summed E-state index contributed by atoms with van der Waals surface area (Å²) in [6.07, 6.45) is 8.12. The average molecular weight is 210 g/mol. The molecule has 0 bridgehead atoms. The molecule has 3 nitrogen and oxygen atoms in total. The van der Waals surface area contributed by atoms with Gasteiger partial charge in [0.25, 0.3) is 0 Å². The summed E-state index contributed by atoms with van der Waals surface area (Å²) in [5.41, 5.74) is 0. The maximum Gasteiger partial charge on any atom is 0.142 e. The third-order valence-corrected chi connectivity index (χ3v) is 1.33. The van der Waals surface area contributed by atoms with Crippen molar-refractivity contribution in [3.63, 3.8) is 0 Å². The highest BCUT2D eigenvalue weighted by molar-refractivity contribution is 5.97. The van der Waals surface area contributed by atoms with Crippen LogP contribution >= 0.6 is 0 Å². The van der Waals surface area contributed by atoms with Crippen LogP contribution in [0.2, 0.25) is 0 Å². The monoisotopic (exact) mass is 210 g/mol.